The van der Waals surface area contributed by atoms with Gasteiger partial charge in [0.25, 0.3) is 11.6 Å². The molecule has 0 radical (unpaired) electrons. The Kier molecular flexibility index (Phi) is 3.63. The highest BCUT2D eigenvalue weighted by Gasteiger charge is 2.49. The smallest absolute Gasteiger partial charge is 0.326 e. The quantitative estimate of drug-likeness (QED) is 0.669. The van der Waals surface area contributed by atoms with Crippen LogP contribution in [0.15, 0.2) is 22.7 Å². The fourth-order valence-corrected chi connectivity index (χ4v) is 2.52. The number of alkyl halides is 2. The zero-order valence-electron chi connectivity index (χ0n) is 9.92. The summed E-state index contributed by atoms with van der Waals surface area (Å²) < 4.78 is 27.3. The number of carbonyl (C=O) groups is 1. The van der Waals surface area contributed by atoms with E-state index in [2.05, 4.69) is 15.9 Å². The van der Waals surface area contributed by atoms with Crippen LogP contribution in [0.5, 0.6) is 0 Å². The fraction of sp³-hybridized carbons (Fsp3) is 0.364. The Bertz CT molecular complexity index is 582. The van der Waals surface area contributed by atoms with E-state index in [1.165, 1.54) is 12.1 Å². The summed E-state index contributed by atoms with van der Waals surface area (Å²) in [6.45, 7) is -0.860. The van der Waals surface area contributed by atoms with Crippen LogP contribution >= 0.6 is 15.9 Å². The average molecular weight is 351 g/mol. The maximum atomic E-state index is 13.4. The van der Waals surface area contributed by atoms with Gasteiger partial charge in [-0.2, -0.15) is 0 Å². The Balaban J connectivity index is 2.51. The van der Waals surface area contributed by atoms with Gasteiger partial charge >= 0.3 is 5.97 Å². The molecule has 1 aliphatic heterocycles. The highest BCUT2D eigenvalue weighted by atomic mass is 79.9. The zero-order chi connectivity index (χ0) is 15.1. The molecule has 1 aliphatic rings. The van der Waals surface area contributed by atoms with Crippen LogP contribution in [-0.4, -0.2) is 34.5 Å². The maximum Gasteiger partial charge on any atom is 0.326 e. The van der Waals surface area contributed by atoms with E-state index in [9.17, 15) is 23.7 Å². The van der Waals surface area contributed by atoms with E-state index in [1.54, 1.807) is 0 Å². The molecule has 0 saturated carbocycles. The molecule has 0 spiro atoms. The monoisotopic (exact) mass is 350 g/mol. The van der Waals surface area contributed by atoms with E-state index < -0.39 is 41.5 Å². The fourth-order valence-electron chi connectivity index (χ4n) is 2.17. The third-order valence-electron chi connectivity index (χ3n) is 3.00. The Morgan fingerprint density at radius 2 is 2.20 bits per heavy atom. The molecular weight excluding hydrogens is 342 g/mol. The number of aliphatic carboxylic acids is 1. The molecule has 1 saturated heterocycles. The van der Waals surface area contributed by atoms with Crippen molar-refractivity contribution in [3.05, 3.63) is 32.8 Å². The van der Waals surface area contributed by atoms with E-state index in [1.807, 2.05) is 0 Å². The second-order valence-electron chi connectivity index (χ2n) is 4.43. The number of carboxylic acid groups (broad SMARTS) is 1. The molecule has 6 nitrogen and oxygen atoms in total. The van der Waals surface area contributed by atoms with E-state index in [0.717, 1.165) is 11.0 Å². The van der Waals surface area contributed by atoms with Crippen LogP contribution in [0.2, 0.25) is 0 Å². The third kappa shape index (κ3) is 2.72. The Hall–Kier alpha value is -1.77. The molecule has 0 amide bonds. The molecule has 0 bridgehead atoms. The van der Waals surface area contributed by atoms with Crippen molar-refractivity contribution in [2.75, 3.05) is 11.4 Å². The number of rotatable bonds is 3. The van der Waals surface area contributed by atoms with Crippen molar-refractivity contribution in [2.24, 2.45) is 0 Å². The van der Waals surface area contributed by atoms with Crippen LogP contribution in [-0.2, 0) is 4.79 Å². The van der Waals surface area contributed by atoms with E-state index in [0.29, 0.717) is 4.47 Å². The Morgan fingerprint density at radius 1 is 1.55 bits per heavy atom. The molecular formula is C11H9BrF2N2O4. The number of hydrogen-bond donors (Lipinski definition) is 1. The summed E-state index contributed by atoms with van der Waals surface area (Å²) in [5.41, 5.74) is -0.536. The molecule has 0 aromatic heterocycles. The van der Waals surface area contributed by atoms with Gasteiger partial charge in [0, 0.05) is 17.0 Å². The third-order valence-corrected chi connectivity index (χ3v) is 3.49. The number of nitro benzene ring substituents is 1. The highest BCUT2D eigenvalue weighted by molar-refractivity contribution is 9.10. The normalized spacial score (nSPS) is 20.9. The van der Waals surface area contributed by atoms with Crippen molar-refractivity contribution in [1.29, 1.82) is 0 Å². The minimum atomic E-state index is -3.20. The number of anilines is 1. The van der Waals surface area contributed by atoms with Gasteiger partial charge in [-0.05, 0) is 12.1 Å². The Morgan fingerprint density at radius 3 is 2.75 bits per heavy atom. The first-order chi connectivity index (χ1) is 9.21. The molecule has 108 valence electrons. The predicted octanol–water partition coefficient (Wildman–Crippen LogP) is 2.66. The summed E-state index contributed by atoms with van der Waals surface area (Å²) in [7, 11) is 0. The molecule has 1 aromatic rings. The first-order valence-electron chi connectivity index (χ1n) is 5.52. The van der Waals surface area contributed by atoms with Crippen LogP contribution < -0.4 is 4.90 Å². The summed E-state index contributed by atoms with van der Waals surface area (Å²) in [5, 5.41) is 20.0. The molecule has 1 aromatic carbocycles. The molecule has 0 unspecified atom stereocenters. The molecule has 1 heterocycles. The van der Waals surface area contributed by atoms with Crippen LogP contribution in [0.3, 0.4) is 0 Å². The number of carboxylic acids is 1. The SMILES string of the molecule is O=C(O)[C@H]1CC(F)(F)CN1c1cc(Br)ccc1[N+](=O)[O-]. The number of nitrogens with zero attached hydrogens (tertiary/aromatic N) is 2. The lowest BCUT2D eigenvalue weighted by molar-refractivity contribution is -0.384. The van der Waals surface area contributed by atoms with Gasteiger partial charge in [0.05, 0.1) is 11.5 Å². The van der Waals surface area contributed by atoms with Gasteiger partial charge in [0.2, 0.25) is 0 Å². The van der Waals surface area contributed by atoms with Crippen LogP contribution in [0, 0.1) is 10.1 Å². The van der Waals surface area contributed by atoms with Gasteiger partial charge in [-0.15, -0.1) is 0 Å². The second kappa shape index (κ2) is 4.97. The molecule has 20 heavy (non-hydrogen) atoms. The number of nitro groups is 1. The summed E-state index contributed by atoms with van der Waals surface area (Å²) in [6.07, 6.45) is -0.869. The predicted molar refractivity (Wildman–Crippen MR) is 69.1 cm³/mol. The lowest BCUT2D eigenvalue weighted by Gasteiger charge is -2.22. The minimum Gasteiger partial charge on any atom is -0.480 e. The zero-order valence-corrected chi connectivity index (χ0v) is 11.5. The summed E-state index contributed by atoms with van der Waals surface area (Å²) in [5.74, 6) is -4.63. The molecule has 1 N–H and O–H groups in total. The van der Waals surface area contributed by atoms with Crippen LogP contribution in [0.1, 0.15) is 6.42 Å². The first-order valence-corrected chi connectivity index (χ1v) is 6.32. The van der Waals surface area contributed by atoms with Crippen molar-refractivity contribution in [3.8, 4) is 0 Å². The van der Waals surface area contributed by atoms with Crippen molar-refractivity contribution in [1.82, 2.24) is 0 Å². The van der Waals surface area contributed by atoms with Gasteiger partial charge in [-0.3, -0.25) is 10.1 Å². The molecule has 1 fully saturated rings. The molecule has 9 heteroatoms. The highest BCUT2D eigenvalue weighted by Crippen LogP contribution is 2.40. The minimum absolute atomic E-state index is 0.131. The topological polar surface area (TPSA) is 83.7 Å². The molecule has 0 aliphatic carbocycles. The van der Waals surface area contributed by atoms with Crippen molar-refractivity contribution >= 4 is 33.3 Å². The van der Waals surface area contributed by atoms with E-state index >= 15 is 0 Å². The maximum absolute atomic E-state index is 13.4. The Labute approximate surface area is 120 Å². The largest absolute Gasteiger partial charge is 0.480 e. The van der Waals surface area contributed by atoms with E-state index in [-0.39, 0.29) is 5.69 Å². The summed E-state index contributed by atoms with van der Waals surface area (Å²) in [4.78, 5) is 22.2. The van der Waals surface area contributed by atoms with E-state index in [4.69, 9.17) is 5.11 Å². The second-order valence-corrected chi connectivity index (χ2v) is 5.35. The lowest BCUT2D eigenvalue weighted by Crippen LogP contribution is -2.36. The average Bonchev–Trinajstić information content (AvgIpc) is 2.65. The molecule has 2 rings (SSSR count). The first kappa shape index (κ1) is 14.6. The van der Waals surface area contributed by atoms with Gasteiger partial charge in [-0.1, -0.05) is 15.9 Å². The summed E-state index contributed by atoms with van der Waals surface area (Å²) in [6, 6.07) is 2.33. The van der Waals surface area contributed by atoms with Crippen LogP contribution in [0.25, 0.3) is 0 Å². The van der Waals surface area contributed by atoms with Gasteiger partial charge in [0.15, 0.2) is 0 Å². The number of hydrogen-bond acceptors (Lipinski definition) is 4. The van der Waals surface area contributed by atoms with Gasteiger partial charge in [-0.25, -0.2) is 13.6 Å². The lowest BCUT2D eigenvalue weighted by atomic mass is 10.2. The summed E-state index contributed by atoms with van der Waals surface area (Å²) >= 11 is 3.09. The van der Waals surface area contributed by atoms with Crippen molar-refractivity contribution < 1.29 is 23.6 Å². The van der Waals surface area contributed by atoms with Crippen molar-refractivity contribution in [3.63, 3.8) is 0 Å². The van der Waals surface area contributed by atoms with Gasteiger partial charge < -0.3 is 10.0 Å². The van der Waals surface area contributed by atoms with Crippen molar-refractivity contribution in [2.45, 2.75) is 18.4 Å². The standard InChI is InChI=1S/C11H9BrF2N2O4/c12-6-1-2-7(16(19)20)8(3-6)15-5-11(13,14)4-9(15)10(17)18/h1-3,9H,4-5H2,(H,17,18)/t9-/m1/s1. The number of benzene rings is 1. The molecule has 1 atom stereocenters. The van der Waals surface area contributed by atoms with Gasteiger partial charge in [0.1, 0.15) is 11.7 Å². The number of halogens is 3. The van der Waals surface area contributed by atoms with Crippen LogP contribution in [0.4, 0.5) is 20.2 Å².